The Morgan fingerprint density at radius 2 is 2.00 bits per heavy atom. The summed E-state index contributed by atoms with van der Waals surface area (Å²) in [7, 11) is 1.32. The molecular formula is C25H26N2O5S. The molecule has 33 heavy (non-hydrogen) atoms. The van der Waals surface area contributed by atoms with E-state index in [-0.39, 0.29) is 17.4 Å². The van der Waals surface area contributed by atoms with Crippen molar-refractivity contribution in [2.24, 2.45) is 0 Å². The number of aromatic nitrogens is 2. The molecule has 0 N–H and O–H groups in total. The number of methoxy groups -OCH3 is 1. The SMILES string of the molecule is COC(=O)c1ccc2c(=O)n(C[C@H]3CCCO3)c(SCCCC(=O)c3ccccc3)nc2c1. The van der Waals surface area contributed by atoms with Crippen molar-refractivity contribution in [1.29, 1.82) is 0 Å². The quantitative estimate of drug-likeness (QED) is 0.154. The normalized spacial score (nSPS) is 15.6. The highest BCUT2D eigenvalue weighted by Crippen LogP contribution is 2.23. The number of rotatable bonds is 9. The molecule has 0 bridgehead atoms. The Labute approximate surface area is 196 Å². The van der Waals surface area contributed by atoms with Gasteiger partial charge in [-0.15, -0.1) is 0 Å². The van der Waals surface area contributed by atoms with E-state index < -0.39 is 5.97 Å². The molecule has 1 aromatic heterocycles. The molecule has 0 unspecified atom stereocenters. The molecule has 2 aromatic carbocycles. The molecular weight excluding hydrogens is 440 g/mol. The van der Waals surface area contributed by atoms with Crippen LogP contribution in [0.25, 0.3) is 10.9 Å². The first kappa shape index (κ1) is 23.2. The molecule has 2 heterocycles. The molecule has 1 aliphatic rings. The highest BCUT2D eigenvalue weighted by molar-refractivity contribution is 7.99. The summed E-state index contributed by atoms with van der Waals surface area (Å²) in [6.45, 7) is 1.14. The number of thioether (sulfide) groups is 1. The first-order valence-electron chi connectivity index (χ1n) is 11.0. The first-order chi connectivity index (χ1) is 16.1. The molecule has 4 rings (SSSR count). The van der Waals surface area contributed by atoms with Crippen molar-refractivity contribution in [2.45, 2.75) is 43.5 Å². The Balaban J connectivity index is 1.55. The molecule has 0 aliphatic carbocycles. The van der Waals surface area contributed by atoms with Crippen molar-refractivity contribution >= 4 is 34.4 Å². The van der Waals surface area contributed by atoms with E-state index in [4.69, 9.17) is 14.5 Å². The molecule has 7 nitrogen and oxygen atoms in total. The molecule has 172 valence electrons. The fourth-order valence-corrected chi connectivity index (χ4v) is 4.82. The predicted octanol–water partition coefficient (Wildman–Crippen LogP) is 4.12. The van der Waals surface area contributed by atoms with Crippen LogP contribution in [0, 0.1) is 0 Å². The maximum atomic E-state index is 13.3. The van der Waals surface area contributed by atoms with Gasteiger partial charge in [0.15, 0.2) is 10.9 Å². The maximum Gasteiger partial charge on any atom is 0.337 e. The average molecular weight is 467 g/mol. The third-order valence-corrected chi connectivity index (χ3v) is 6.69. The molecule has 8 heteroatoms. The molecule has 1 fully saturated rings. The minimum absolute atomic E-state index is 0.0182. The van der Waals surface area contributed by atoms with Crippen molar-refractivity contribution < 1.29 is 19.1 Å². The predicted molar refractivity (Wildman–Crippen MR) is 127 cm³/mol. The van der Waals surface area contributed by atoms with Crippen LogP contribution in [0.2, 0.25) is 0 Å². The summed E-state index contributed by atoms with van der Waals surface area (Å²) in [5.74, 6) is 0.261. The molecule has 0 saturated carbocycles. The van der Waals surface area contributed by atoms with Crippen LogP contribution in [-0.4, -0.2) is 46.9 Å². The van der Waals surface area contributed by atoms with E-state index in [1.165, 1.54) is 18.9 Å². The lowest BCUT2D eigenvalue weighted by Crippen LogP contribution is -2.29. The van der Waals surface area contributed by atoms with Crippen molar-refractivity contribution in [2.75, 3.05) is 19.5 Å². The van der Waals surface area contributed by atoms with Gasteiger partial charge in [0, 0.05) is 24.3 Å². The number of esters is 1. The Morgan fingerprint density at radius 1 is 1.18 bits per heavy atom. The van der Waals surface area contributed by atoms with Gasteiger partial charge >= 0.3 is 5.97 Å². The number of nitrogens with zero attached hydrogens (tertiary/aromatic N) is 2. The van der Waals surface area contributed by atoms with Gasteiger partial charge in [0.25, 0.3) is 5.56 Å². The van der Waals surface area contributed by atoms with Gasteiger partial charge < -0.3 is 9.47 Å². The van der Waals surface area contributed by atoms with E-state index in [1.54, 1.807) is 22.8 Å². The van der Waals surface area contributed by atoms with Crippen LogP contribution in [0.5, 0.6) is 0 Å². The van der Waals surface area contributed by atoms with Crippen molar-refractivity contribution in [1.82, 2.24) is 9.55 Å². The smallest absolute Gasteiger partial charge is 0.337 e. The van der Waals surface area contributed by atoms with E-state index in [1.807, 2.05) is 30.3 Å². The summed E-state index contributed by atoms with van der Waals surface area (Å²) in [6.07, 6.45) is 2.95. The van der Waals surface area contributed by atoms with Gasteiger partial charge in [-0.25, -0.2) is 9.78 Å². The van der Waals surface area contributed by atoms with Gasteiger partial charge in [-0.2, -0.15) is 0 Å². The van der Waals surface area contributed by atoms with Crippen LogP contribution in [0.1, 0.15) is 46.4 Å². The lowest BCUT2D eigenvalue weighted by molar-refractivity contribution is 0.0600. The molecule has 0 spiro atoms. The summed E-state index contributed by atoms with van der Waals surface area (Å²) < 4.78 is 12.2. The molecule has 1 aliphatic heterocycles. The fraction of sp³-hybridized carbons (Fsp3) is 0.360. The number of carbonyl (C=O) groups is 2. The van der Waals surface area contributed by atoms with Crippen LogP contribution < -0.4 is 5.56 Å². The Hall–Kier alpha value is -2.97. The van der Waals surface area contributed by atoms with Crippen molar-refractivity contribution in [3.8, 4) is 0 Å². The number of ketones is 1. The standard InChI is InChI=1S/C25H26N2O5S/c1-31-24(30)18-11-12-20-21(15-18)26-25(27(23(20)29)16-19-9-5-13-32-19)33-14-6-10-22(28)17-7-3-2-4-8-17/h2-4,7-8,11-12,15,19H,5-6,9-10,13-14,16H2,1H3/t19-/m1/s1. The summed E-state index contributed by atoms with van der Waals surface area (Å²) >= 11 is 1.44. The summed E-state index contributed by atoms with van der Waals surface area (Å²) in [5.41, 5.74) is 1.35. The number of hydrogen-bond donors (Lipinski definition) is 0. The topological polar surface area (TPSA) is 87.5 Å². The molecule has 1 atom stereocenters. The van der Waals surface area contributed by atoms with E-state index in [0.717, 1.165) is 12.8 Å². The van der Waals surface area contributed by atoms with Gasteiger partial charge in [0.05, 0.1) is 36.2 Å². The highest BCUT2D eigenvalue weighted by atomic mass is 32.2. The van der Waals surface area contributed by atoms with Gasteiger partial charge in [-0.05, 0) is 37.5 Å². The van der Waals surface area contributed by atoms with Crippen molar-refractivity contribution in [3.63, 3.8) is 0 Å². The van der Waals surface area contributed by atoms with Crippen LogP contribution in [-0.2, 0) is 16.0 Å². The lowest BCUT2D eigenvalue weighted by Gasteiger charge is -2.16. The third kappa shape index (κ3) is 5.51. The number of ether oxygens (including phenoxy) is 2. The zero-order valence-electron chi connectivity index (χ0n) is 18.5. The van der Waals surface area contributed by atoms with Gasteiger partial charge in [0.2, 0.25) is 0 Å². The van der Waals surface area contributed by atoms with E-state index >= 15 is 0 Å². The van der Waals surface area contributed by atoms with Crippen LogP contribution in [0.4, 0.5) is 0 Å². The maximum absolute atomic E-state index is 13.3. The minimum Gasteiger partial charge on any atom is -0.465 e. The zero-order chi connectivity index (χ0) is 23.2. The Kier molecular flexibility index (Phi) is 7.57. The second-order valence-electron chi connectivity index (χ2n) is 7.91. The first-order valence-corrected chi connectivity index (χ1v) is 12.0. The minimum atomic E-state index is -0.476. The zero-order valence-corrected chi connectivity index (χ0v) is 19.3. The largest absolute Gasteiger partial charge is 0.465 e. The lowest BCUT2D eigenvalue weighted by atomic mass is 10.1. The Bertz CT molecular complexity index is 1200. The number of hydrogen-bond acceptors (Lipinski definition) is 7. The number of benzene rings is 2. The van der Waals surface area contributed by atoms with Crippen molar-refractivity contribution in [3.05, 3.63) is 70.0 Å². The summed E-state index contributed by atoms with van der Waals surface area (Å²) in [5, 5.41) is 1.02. The number of fused-ring (bicyclic) bond motifs is 1. The highest BCUT2D eigenvalue weighted by Gasteiger charge is 2.21. The van der Waals surface area contributed by atoms with E-state index in [2.05, 4.69) is 0 Å². The molecule has 0 radical (unpaired) electrons. The summed E-state index contributed by atoms with van der Waals surface area (Å²) in [4.78, 5) is 42.3. The van der Waals surface area contributed by atoms with Gasteiger partial charge in [-0.3, -0.25) is 14.2 Å². The number of Topliss-reactive ketones (excluding diaryl/α,β-unsaturated/α-hetero) is 1. The molecule has 3 aromatic rings. The fourth-order valence-electron chi connectivity index (χ4n) is 3.87. The monoisotopic (exact) mass is 466 g/mol. The van der Waals surface area contributed by atoms with Crippen LogP contribution >= 0.6 is 11.8 Å². The average Bonchev–Trinajstić information content (AvgIpc) is 3.37. The van der Waals surface area contributed by atoms with E-state index in [0.29, 0.717) is 58.9 Å². The van der Waals surface area contributed by atoms with Crippen LogP contribution in [0.3, 0.4) is 0 Å². The summed E-state index contributed by atoms with van der Waals surface area (Å²) in [6, 6.07) is 14.0. The van der Waals surface area contributed by atoms with E-state index in [9.17, 15) is 14.4 Å². The van der Waals surface area contributed by atoms with Crippen LogP contribution in [0.15, 0.2) is 58.5 Å². The second-order valence-corrected chi connectivity index (χ2v) is 8.97. The molecule has 0 amide bonds. The van der Waals surface area contributed by atoms with Gasteiger partial charge in [0.1, 0.15) is 0 Å². The number of carbonyl (C=O) groups excluding carboxylic acids is 2. The van der Waals surface area contributed by atoms with Gasteiger partial charge in [-0.1, -0.05) is 42.1 Å². The molecule has 1 saturated heterocycles. The third-order valence-electron chi connectivity index (χ3n) is 5.63. The second kappa shape index (κ2) is 10.8. The Morgan fingerprint density at radius 3 is 2.73 bits per heavy atom.